The number of carbonyl (C=O) groups is 1. The zero-order valence-electron chi connectivity index (χ0n) is 9.95. The molecular weight excluding hydrogens is 332 g/mol. The minimum atomic E-state index is -0.406. The summed E-state index contributed by atoms with van der Waals surface area (Å²) in [6, 6.07) is 4.88. The second-order valence-corrected chi connectivity index (χ2v) is 4.99. The molecule has 1 heterocycles. The molecule has 5 nitrogen and oxygen atoms in total. The summed E-state index contributed by atoms with van der Waals surface area (Å²) in [5.74, 6) is 0.360. The first-order valence-electron chi connectivity index (χ1n) is 5.36. The van der Waals surface area contributed by atoms with Gasteiger partial charge >= 0.3 is 6.03 Å². The molecule has 2 N–H and O–H groups in total. The molecule has 0 aliphatic carbocycles. The van der Waals surface area contributed by atoms with E-state index in [1.165, 1.54) is 12.4 Å². The Hall–Kier alpha value is -1.66. The van der Waals surface area contributed by atoms with Gasteiger partial charge in [0.15, 0.2) is 5.82 Å². The van der Waals surface area contributed by atoms with Crippen molar-refractivity contribution in [2.24, 2.45) is 0 Å². The summed E-state index contributed by atoms with van der Waals surface area (Å²) < 4.78 is 0.601. The van der Waals surface area contributed by atoms with E-state index in [-0.39, 0.29) is 0 Å². The second-order valence-electron chi connectivity index (χ2n) is 3.77. The number of benzene rings is 1. The van der Waals surface area contributed by atoms with E-state index < -0.39 is 6.03 Å². The maximum absolute atomic E-state index is 11.7. The number of nitrogens with one attached hydrogen (secondary N) is 2. The number of carbonyl (C=O) groups excluding carboxylic acids is 1. The number of anilines is 2. The highest BCUT2D eigenvalue weighted by molar-refractivity contribution is 9.10. The Balaban J connectivity index is 2.01. The molecule has 7 heteroatoms. The van der Waals surface area contributed by atoms with Crippen molar-refractivity contribution in [3.8, 4) is 0 Å². The zero-order valence-corrected chi connectivity index (χ0v) is 12.3. The molecule has 2 aromatic rings. The van der Waals surface area contributed by atoms with Crippen molar-refractivity contribution in [1.29, 1.82) is 0 Å². The highest BCUT2D eigenvalue weighted by Gasteiger charge is 2.05. The maximum Gasteiger partial charge on any atom is 0.324 e. The van der Waals surface area contributed by atoms with Gasteiger partial charge in [-0.15, -0.1) is 0 Å². The van der Waals surface area contributed by atoms with Crippen LogP contribution in [0.3, 0.4) is 0 Å². The molecular formula is C12H10BrClN4O. The van der Waals surface area contributed by atoms with Crippen LogP contribution in [-0.2, 0) is 0 Å². The molecule has 0 aliphatic heterocycles. The number of aromatic nitrogens is 2. The Bertz CT molecular complexity index is 603. The van der Waals surface area contributed by atoms with E-state index in [9.17, 15) is 4.79 Å². The lowest BCUT2D eigenvalue weighted by Crippen LogP contribution is -2.20. The van der Waals surface area contributed by atoms with Gasteiger partial charge in [-0.1, -0.05) is 17.7 Å². The Morgan fingerprint density at radius 1 is 1.26 bits per heavy atom. The van der Waals surface area contributed by atoms with Gasteiger partial charge in [0.25, 0.3) is 0 Å². The molecule has 0 saturated heterocycles. The topological polar surface area (TPSA) is 66.9 Å². The standard InChI is InChI=1S/C12H10BrClN4O/c1-7-2-3-8(4-9(7)14)17-12(19)18-11-6-15-10(13)5-16-11/h2-6H,1H3,(H2,16,17,18,19). The van der Waals surface area contributed by atoms with Crippen LogP contribution in [-0.4, -0.2) is 16.0 Å². The Kier molecular flexibility index (Phi) is 4.34. The fourth-order valence-electron chi connectivity index (χ4n) is 1.33. The molecule has 19 heavy (non-hydrogen) atoms. The zero-order chi connectivity index (χ0) is 13.8. The summed E-state index contributed by atoms with van der Waals surface area (Å²) in [5.41, 5.74) is 1.56. The van der Waals surface area contributed by atoms with E-state index in [1.807, 2.05) is 13.0 Å². The second kappa shape index (κ2) is 5.99. The lowest BCUT2D eigenvalue weighted by Gasteiger charge is -2.07. The fourth-order valence-corrected chi connectivity index (χ4v) is 1.71. The van der Waals surface area contributed by atoms with Crippen LogP contribution in [0.1, 0.15) is 5.56 Å². The number of hydrogen-bond donors (Lipinski definition) is 2. The minimum Gasteiger partial charge on any atom is -0.308 e. The molecule has 0 fully saturated rings. The van der Waals surface area contributed by atoms with Crippen molar-refractivity contribution >= 4 is 45.1 Å². The Morgan fingerprint density at radius 2 is 2.05 bits per heavy atom. The summed E-state index contributed by atoms with van der Waals surface area (Å²) in [4.78, 5) is 19.7. The Morgan fingerprint density at radius 3 is 2.68 bits per heavy atom. The number of halogens is 2. The van der Waals surface area contributed by atoms with Crippen LogP contribution in [0, 0.1) is 6.92 Å². The molecule has 0 bridgehead atoms. The quantitative estimate of drug-likeness (QED) is 0.872. The molecule has 98 valence electrons. The van der Waals surface area contributed by atoms with Gasteiger partial charge in [-0.3, -0.25) is 5.32 Å². The van der Waals surface area contributed by atoms with Crippen LogP contribution in [0.15, 0.2) is 35.2 Å². The van der Waals surface area contributed by atoms with Crippen LogP contribution in [0.2, 0.25) is 5.02 Å². The average molecular weight is 342 g/mol. The lowest BCUT2D eigenvalue weighted by molar-refractivity contribution is 0.262. The van der Waals surface area contributed by atoms with Crippen molar-refractivity contribution in [1.82, 2.24) is 9.97 Å². The number of nitrogens with zero attached hydrogens (tertiary/aromatic N) is 2. The van der Waals surface area contributed by atoms with Crippen molar-refractivity contribution in [3.05, 3.63) is 45.8 Å². The monoisotopic (exact) mass is 340 g/mol. The number of rotatable bonds is 2. The molecule has 0 spiro atoms. The third-order valence-corrected chi connectivity index (χ3v) is 3.11. The first kappa shape index (κ1) is 13.8. The smallest absolute Gasteiger partial charge is 0.308 e. The normalized spacial score (nSPS) is 10.1. The van der Waals surface area contributed by atoms with E-state index >= 15 is 0 Å². The van der Waals surface area contributed by atoms with Crippen LogP contribution in [0.4, 0.5) is 16.3 Å². The minimum absolute atomic E-state index is 0.360. The first-order chi connectivity index (χ1) is 9.04. The Labute approximate surface area is 123 Å². The summed E-state index contributed by atoms with van der Waals surface area (Å²) in [6.07, 6.45) is 2.95. The van der Waals surface area contributed by atoms with Crippen molar-refractivity contribution in [2.45, 2.75) is 6.92 Å². The maximum atomic E-state index is 11.7. The molecule has 1 aromatic heterocycles. The number of amides is 2. The predicted molar refractivity (Wildman–Crippen MR) is 78.6 cm³/mol. The summed E-state index contributed by atoms with van der Waals surface area (Å²) >= 11 is 9.14. The molecule has 2 rings (SSSR count). The molecule has 1 aromatic carbocycles. The van der Waals surface area contributed by atoms with Crippen molar-refractivity contribution in [2.75, 3.05) is 10.6 Å². The van der Waals surface area contributed by atoms with Gasteiger partial charge in [0.1, 0.15) is 4.60 Å². The van der Waals surface area contributed by atoms with Gasteiger partial charge in [0.2, 0.25) is 0 Å². The molecule has 0 aliphatic rings. The summed E-state index contributed by atoms with van der Waals surface area (Å²) in [6.45, 7) is 1.89. The van der Waals surface area contributed by atoms with Gasteiger partial charge in [-0.05, 0) is 40.5 Å². The average Bonchev–Trinajstić information content (AvgIpc) is 2.37. The SMILES string of the molecule is Cc1ccc(NC(=O)Nc2cnc(Br)cn2)cc1Cl. The summed E-state index contributed by atoms with van der Waals surface area (Å²) in [7, 11) is 0. The largest absolute Gasteiger partial charge is 0.324 e. The van der Waals surface area contributed by atoms with Crippen LogP contribution >= 0.6 is 27.5 Å². The third kappa shape index (κ3) is 3.90. The van der Waals surface area contributed by atoms with Gasteiger partial charge in [-0.25, -0.2) is 14.8 Å². The van der Waals surface area contributed by atoms with E-state index in [2.05, 4.69) is 36.5 Å². The van der Waals surface area contributed by atoms with E-state index in [0.29, 0.717) is 21.1 Å². The van der Waals surface area contributed by atoms with Crippen LogP contribution in [0.25, 0.3) is 0 Å². The molecule has 0 atom stereocenters. The van der Waals surface area contributed by atoms with Gasteiger partial charge < -0.3 is 5.32 Å². The van der Waals surface area contributed by atoms with Crippen LogP contribution in [0.5, 0.6) is 0 Å². The molecule has 2 amide bonds. The summed E-state index contributed by atoms with van der Waals surface area (Å²) in [5, 5.41) is 5.82. The molecule has 0 radical (unpaired) electrons. The van der Waals surface area contributed by atoms with Crippen molar-refractivity contribution < 1.29 is 4.79 Å². The predicted octanol–water partition coefficient (Wildman–Crippen LogP) is 3.84. The van der Waals surface area contributed by atoms with E-state index in [1.54, 1.807) is 12.1 Å². The molecule has 0 unspecified atom stereocenters. The van der Waals surface area contributed by atoms with E-state index in [4.69, 9.17) is 11.6 Å². The lowest BCUT2D eigenvalue weighted by atomic mass is 10.2. The highest BCUT2D eigenvalue weighted by atomic mass is 79.9. The molecule has 0 saturated carbocycles. The fraction of sp³-hybridized carbons (Fsp3) is 0.0833. The van der Waals surface area contributed by atoms with Gasteiger partial charge in [0, 0.05) is 10.7 Å². The highest BCUT2D eigenvalue weighted by Crippen LogP contribution is 2.20. The number of urea groups is 1. The van der Waals surface area contributed by atoms with Crippen LogP contribution < -0.4 is 10.6 Å². The van der Waals surface area contributed by atoms with E-state index in [0.717, 1.165) is 5.56 Å². The number of aryl methyl sites for hydroxylation is 1. The first-order valence-corrected chi connectivity index (χ1v) is 6.53. The van der Waals surface area contributed by atoms with Gasteiger partial charge in [0.05, 0.1) is 12.4 Å². The third-order valence-electron chi connectivity index (χ3n) is 2.29. The number of hydrogen-bond acceptors (Lipinski definition) is 3. The van der Waals surface area contributed by atoms with Crippen molar-refractivity contribution in [3.63, 3.8) is 0 Å². The van der Waals surface area contributed by atoms with Gasteiger partial charge in [-0.2, -0.15) is 0 Å².